The van der Waals surface area contributed by atoms with Gasteiger partial charge in [-0.3, -0.25) is 9.79 Å². The second kappa shape index (κ2) is 11.1. The number of aliphatic imine (C=N–C) groups is 2. The predicted octanol–water partition coefficient (Wildman–Crippen LogP) is 5.24. The molecule has 3 rings (SSSR count). The highest BCUT2D eigenvalue weighted by Crippen LogP contribution is 2.35. The summed E-state index contributed by atoms with van der Waals surface area (Å²) in [5.74, 6) is -0.699. The number of amides is 1. The van der Waals surface area contributed by atoms with Gasteiger partial charge in [-0.2, -0.15) is 26.3 Å². The van der Waals surface area contributed by atoms with Gasteiger partial charge in [-0.1, -0.05) is 19.1 Å². The van der Waals surface area contributed by atoms with Crippen molar-refractivity contribution >= 4 is 23.3 Å². The van der Waals surface area contributed by atoms with Crippen LogP contribution < -0.4 is 4.90 Å². The Morgan fingerprint density at radius 3 is 2.28 bits per heavy atom. The average Bonchev–Trinajstić information content (AvgIpc) is 2.85. The van der Waals surface area contributed by atoms with E-state index in [0.717, 1.165) is 13.0 Å². The van der Waals surface area contributed by atoms with Crippen LogP contribution in [0.2, 0.25) is 0 Å². The van der Waals surface area contributed by atoms with Crippen molar-refractivity contribution in [3.8, 4) is 0 Å². The fourth-order valence-corrected chi connectivity index (χ4v) is 3.60. The molecule has 0 atom stereocenters. The van der Waals surface area contributed by atoms with Crippen LogP contribution in [0.15, 0.2) is 52.6 Å². The molecule has 1 aliphatic rings. The fourth-order valence-electron chi connectivity index (χ4n) is 3.60. The van der Waals surface area contributed by atoms with Gasteiger partial charge in [0.1, 0.15) is 11.5 Å². The average molecular weight is 513 g/mol. The number of benzene rings is 1. The zero-order chi connectivity index (χ0) is 26.5. The van der Waals surface area contributed by atoms with Crippen molar-refractivity contribution in [1.29, 1.82) is 0 Å². The number of carbonyl (C=O) groups excluding carboxylic acids is 1. The van der Waals surface area contributed by atoms with Gasteiger partial charge in [0.25, 0.3) is 5.91 Å². The van der Waals surface area contributed by atoms with Crippen LogP contribution in [0.25, 0.3) is 0 Å². The second-order valence-corrected chi connectivity index (χ2v) is 8.13. The second-order valence-electron chi connectivity index (χ2n) is 8.13. The number of amidine groups is 1. The summed E-state index contributed by atoms with van der Waals surface area (Å²) in [4.78, 5) is 27.8. The molecule has 2 heterocycles. The molecular weight excluding hydrogens is 488 g/mol. The Morgan fingerprint density at radius 2 is 1.67 bits per heavy atom. The predicted molar refractivity (Wildman–Crippen MR) is 125 cm³/mol. The first kappa shape index (κ1) is 27.2. The number of halogens is 6. The van der Waals surface area contributed by atoms with Crippen LogP contribution in [-0.2, 0) is 6.18 Å². The minimum atomic E-state index is -4.61. The quantitative estimate of drug-likeness (QED) is 0.312. The maximum Gasteiger partial charge on any atom is 0.429 e. The number of nitrogens with zero attached hydrogens (tertiary/aromatic N) is 5. The van der Waals surface area contributed by atoms with Gasteiger partial charge < -0.3 is 9.80 Å². The van der Waals surface area contributed by atoms with E-state index in [0.29, 0.717) is 6.42 Å². The number of hydrogen-bond acceptors (Lipinski definition) is 4. The minimum absolute atomic E-state index is 0.124. The minimum Gasteiger partial charge on any atom is -0.353 e. The molecule has 1 saturated heterocycles. The van der Waals surface area contributed by atoms with Crippen LogP contribution >= 0.6 is 0 Å². The van der Waals surface area contributed by atoms with Gasteiger partial charge in [-0.25, -0.2) is 9.98 Å². The SMILES string of the molecule is CCCN=C(N=C(C)C(F)(F)F)c1cccc(C(=O)N2CCN(c3ncccc3C(F)(F)F)CC2)c1. The van der Waals surface area contributed by atoms with Gasteiger partial charge in [0.05, 0.1) is 5.56 Å². The van der Waals surface area contributed by atoms with E-state index in [2.05, 4.69) is 15.0 Å². The summed E-state index contributed by atoms with van der Waals surface area (Å²) >= 11 is 0. The van der Waals surface area contributed by atoms with Gasteiger partial charge >= 0.3 is 12.4 Å². The van der Waals surface area contributed by atoms with Crippen molar-refractivity contribution < 1.29 is 31.1 Å². The third-order valence-corrected chi connectivity index (χ3v) is 5.50. The molecular formula is C24H25F6N5O. The maximum atomic E-state index is 13.3. The lowest BCUT2D eigenvalue weighted by molar-refractivity contribution is -0.137. The van der Waals surface area contributed by atoms with Gasteiger partial charge in [-0.05, 0) is 37.6 Å². The fraction of sp³-hybridized carbons (Fsp3) is 0.417. The third kappa shape index (κ3) is 6.61. The van der Waals surface area contributed by atoms with E-state index in [1.54, 1.807) is 0 Å². The van der Waals surface area contributed by atoms with Gasteiger partial charge in [-0.15, -0.1) is 0 Å². The third-order valence-electron chi connectivity index (χ3n) is 5.50. The Hall–Kier alpha value is -3.44. The number of anilines is 1. The molecule has 6 nitrogen and oxygen atoms in total. The zero-order valence-electron chi connectivity index (χ0n) is 19.7. The first-order chi connectivity index (χ1) is 16.9. The van der Waals surface area contributed by atoms with Crippen LogP contribution in [0.1, 0.15) is 41.8 Å². The molecule has 0 N–H and O–H groups in total. The first-order valence-corrected chi connectivity index (χ1v) is 11.3. The largest absolute Gasteiger partial charge is 0.429 e. The lowest BCUT2D eigenvalue weighted by Crippen LogP contribution is -2.49. The van der Waals surface area contributed by atoms with E-state index in [1.165, 1.54) is 46.3 Å². The highest BCUT2D eigenvalue weighted by Gasteiger charge is 2.36. The molecule has 1 aromatic heterocycles. The number of piperazine rings is 1. The summed E-state index contributed by atoms with van der Waals surface area (Å²) in [5, 5.41) is 0. The summed E-state index contributed by atoms with van der Waals surface area (Å²) in [5.41, 5.74) is -1.41. The Labute approximate surface area is 204 Å². The highest BCUT2D eigenvalue weighted by atomic mass is 19.4. The topological polar surface area (TPSA) is 61.2 Å². The number of rotatable bonds is 5. The standard InChI is InChI=1S/C24H25F6N5O/c1-3-9-31-20(33-16(2)23(25,26)27)17-6-4-7-18(15-17)22(36)35-13-11-34(12-14-35)21-19(24(28,29)30)8-5-10-32-21/h4-8,10,15H,3,9,11-14H2,1-2H3. The molecule has 12 heteroatoms. The number of carbonyl (C=O) groups is 1. The van der Waals surface area contributed by atoms with Crippen molar-refractivity contribution in [2.45, 2.75) is 32.6 Å². The van der Waals surface area contributed by atoms with E-state index in [4.69, 9.17) is 0 Å². The molecule has 0 saturated carbocycles. The van der Waals surface area contributed by atoms with Crippen LogP contribution in [0.5, 0.6) is 0 Å². The molecule has 2 aromatic rings. The Morgan fingerprint density at radius 1 is 1.00 bits per heavy atom. The van der Waals surface area contributed by atoms with Gasteiger partial charge in [0.15, 0.2) is 5.84 Å². The maximum absolute atomic E-state index is 13.3. The summed E-state index contributed by atoms with van der Waals surface area (Å²) in [6.45, 7) is 3.52. The molecule has 1 aromatic carbocycles. The lowest BCUT2D eigenvalue weighted by atomic mass is 10.1. The summed E-state index contributed by atoms with van der Waals surface area (Å²) in [6, 6.07) is 8.19. The summed E-state index contributed by atoms with van der Waals surface area (Å²) in [7, 11) is 0. The van der Waals surface area contributed by atoms with E-state index >= 15 is 0 Å². The van der Waals surface area contributed by atoms with E-state index in [1.807, 2.05) is 6.92 Å². The molecule has 36 heavy (non-hydrogen) atoms. The van der Waals surface area contributed by atoms with E-state index in [-0.39, 0.29) is 61.4 Å². The normalized spacial score (nSPS) is 15.9. The summed E-state index contributed by atoms with van der Waals surface area (Å²) < 4.78 is 79.1. The number of aromatic nitrogens is 1. The first-order valence-electron chi connectivity index (χ1n) is 11.3. The van der Waals surface area contributed by atoms with Crippen molar-refractivity contribution in [2.24, 2.45) is 9.98 Å². The molecule has 1 aliphatic heterocycles. The van der Waals surface area contributed by atoms with Crippen molar-refractivity contribution in [1.82, 2.24) is 9.88 Å². The molecule has 1 amide bonds. The van der Waals surface area contributed by atoms with Crippen LogP contribution in [0.3, 0.4) is 0 Å². The van der Waals surface area contributed by atoms with Crippen LogP contribution in [0.4, 0.5) is 32.2 Å². The lowest BCUT2D eigenvalue weighted by Gasteiger charge is -2.36. The summed E-state index contributed by atoms with van der Waals surface area (Å²) in [6.07, 6.45) is -7.28. The molecule has 0 aliphatic carbocycles. The smallest absolute Gasteiger partial charge is 0.353 e. The van der Waals surface area contributed by atoms with E-state index < -0.39 is 23.6 Å². The van der Waals surface area contributed by atoms with Gasteiger partial charge in [0.2, 0.25) is 0 Å². The Balaban J connectivity index is 1.78. The number of pyridine rings is 1. The zero-order valence-corrected chi connectivity index (χ0v) is 19.7. The van der Waals surface area contributed by atoms with Crippen molar-refractivity contribution in [3.05, 3.63) is 59.3 Å². The van der Waals surface area contributed by atoms with Crippen molar-refractivity contribution in [2.75, 3.05) is 37.6 Å². The molecule has 0 spiro atoms. The van der Waals surface area contributed by atoms with Gasteiger partial charge in [0, 0.05) is 50.0 Å². The highest BCUT2D eigenvalue weighted by molar-refractivity contribution is 6.09. The number of hydrogen-bond donors (Lipinski definition) is 0. The molecule has 0 bridgehead atoms. The number of alkyl halides is 6. The van der Waals surface area contributed by atoms with Crippen LogP contribution in [-0.4, -0.2) is 66.2 Å². The van der Waals surface area contributed by atoms with Crippen molar-refractivity contribution in [3.63, 3.8) is 0 Å². The molecule has 194 valence electrons. The molecule has 0 radical (unpaired) electrons. The Kier molecular flexibility index (Phi) is 8.36. The monoisotopic (exact) mass is 513 g/mol. The van der Waals surface area contributed by atoms with Crippen LogP contribution in [0, 0.1) is 0 Å². The molecule has 1 fully saturated rings. The Bertz CT molecular complexity index is 1130. The van der Waals surface area contributed by atoms with E-state index in [9.17, 15) is 31.1 Å². The molecule has 0 unspecified atom stereocenters.